The summed E-state index contributed by atoms with van der Waals surface area (Å²) < 4.78 is 28.3. The monoisotopic (exact) mass is 517 g/mol. The number of halogens is 1. The van der Waals surface area contributed by atoms with E-state index in [1.165, 1.54) is 11.6 Å². The van der Waals surface area contributed by atoms with Gasteiger partial charge in [0.2, 0.25) is 0 Å². The third-order valence-corrected chi connectivity index (χ3v) is 7.20. The lowest BCUT2D eigenvalue weighted by Gasteiger charge is -2.14. The summed E-state index contributed by atoms with van der Waals surface area (Å²) in [4.78, 5) is 4.95. The maximum atomic E-state index is 14.2. The molecule has 0 bridgehead atoms. The van der Waals surface area contributed by atoms with E-state index in [0.29, 0.717) is 16.9 Å². The molecule has 5 nitrogen and oxygen atoms in total. The Morgan fingerprint density at radius 2 is 1.85 bits per heavy atom. The maximum Gasteiger partial charge on any atom is 0.131 e. The van der Waals surface area contributed by atoms with E-state index in [2.05, 4.69) is 47.0 Å². The van der Waals surface area contributed by atoms with Crippen molar-refractivity contribution in [2.24, 2.45) is 0 Å². The van der Waals surface area contributed by atoms with Gasteiger partial charge in [0.05, 0.1) is 35.3 Å². The van der Waals surface area contributed by atoms with E-state index in [1.54, 1.807) is 12.1 Å². The lowest BCUT2D eigenvalue weighted by atomic mass is 10.0. The first-order valence-electron chi connectivity index (χ1n) is 13.2. The number of hydrogen-bond donors (Lipinski definition) is 0. The van der Waals surface area contributed by atoms with Gasteiger partial charge in [-0.05, 0) is 65.9 Å². The first-order valence-corrected chi connectivity index (χ1v) is 13.2. The number of rotatable bonds is 8. The minimum atomic E-state index is -0.440. The van der Waals surface area contributed by atoms with Gasteiger partial charge in [0.15, 0.2) is 0 Å². The fraction of sp³-hybridized carbons (Fsp3) is 0.212. The lowest BCUT2D eigenvalue weighted by Crippen LogP contribution is -2.17. The zero-order valence-corrected chi connectivity index (χ0v) is 21.5. The van der Waals surface area contributed by atoms with E-state index in [1.807, 2.05) is 36.4 Å². The third kappa shape index (κ3) is 5.55. The zero-order chi connectivity index (χ0) is 26.6. The lowest BCUT2D eigenvalue weighted by molar-refractivity contribution is 0.0973. The molecule has 0 spiro atoms. The highest BCUT2D eigenvalue weighted by Crippen LogP contribution is 2.27. The normalized spacial score (nSPS) is 14.9. The molecular weight excluding hydrogens is 489 g/mol. The second kappa shape index (κ2) is 11.1. The van der Waals surface area contributed by atoms with Gasteiger partial charge in [0.25, 0.3) is 0 Å². The fourth-order valence-corrected chi connectivity index (χ4v) is 5.11. The van der Waals surface area contributed by atoms with Crippen LogP contribution in [0.4, 0.5) is 4.39 Å². The molecule has 0 saturated carbocycles. The molecule has 4 aromatic carbocycles. The van der Waals surface area contributed by atoms with Crippen LogP contribution in [0.25, 0.3) is 22.2 Å². The van der Waals surface area contributed by atoms with Gasteiger partial charge in [0.1, 0.15) is 24.0 Å². The summed E-state index contributed by atoms with van der Waals surface area (Å²) >= 11 is 0. The van der Waals surface area contributed by atoms with Crippen LogP contribution >= 0.6 is 0 Å². The number of nitrogens with zero attached hydrogens (tertiary/aromatic N) is 3. The fourth-order valence-electron chi connectivity index (χ4n) is 5.11. The van der Waals surface area contributed by atoms with Gasteiger partial charge in [-0.3, -0.25) is 0 Å². The molecule has 1 aliphatic heterocycles. The Hall–Kier alpha value is -4.47. The van der Waals surface area contributed by atoms with Crippen molar-refractivity contribution in [2.75, 3.05) is 6.61 Å². The number of imidazole rings is 1. The minimum absolute atomic E-state index is 0.0901. The highest BCUT2D eigenvalue weighted by atomic mass is 19.1. The predicted octanol–water partition coefficient (Wildman–Crippen LogP) is 7.06. The Labute approximate surface area is 227 Å². The van der Waals surface area contributed by atoms with Crippen LogP contribution in [0.5, 0.6) is 5.75 Å². The average molecular weight is 518 g/mol. The molecule has 6 rings (SSSR count). The molecule has 0 N–H and O–H groups in total. The first-order chi connectivity index (χ1) is 19.2. The van der Waals surface area contributed by atoms with Gasteiger partial charge in [-0.25, -0.2) is 9.37 Å². The van der Waals surface area contributed by atoms with Gasteiger partial charge in [-0.1, -0.05) is 54.6 Å². The van der Waals surface area contributed by atoms with Crippen LogP contribution in [0.3, 0.4) is 0 Å². The zero-order valence-electron chi connectivity index (χ0n) is 21.5. The van der Waals surface area contributed by atoms with Crippen molar-refractivity contribution in [2.45, 2.75) is 38.5 Å². The van der Waals surface area contributed by atoms with Crippen LogP contribution in [0, 0.1) is 17.1 Å². The number of fused-ring (bicyclic) bond motifs is 1. The van der Waals surface area contributed by atoms with E-state index < -0.39 is 5.82 Å². The highest BCUT2D eigenvalue weighted by molar-refractivity contribution is 5.76. The number of aromatic nitrogens is 2. The average Bonchev–Trinajstić information content (AvgIpc) is 3.61. The summed E-state index contributed by atoms with van der Waals surface area (Å²) in [6, 6.07) is 30.9. The van der Waals surface area contributed by atoms with E-state index in [0.717, 1.165) is 60.4 Å². The van der Waals surface area contributed by atoms with E-state index >= 15 is 0 Å². The summed E-state index contributed by atoms with van der Waals surface area (Å²) in [6.07, 6.45) is 3.19. The summed E-state index contributed by atoms with van der Waals surface area (Å²) in [6.45, 7) is 1.76. The quantitative estimate of drug-likeness (QED) is 0.221. The summed E-state index contributed by atoms with van der Waals surface area (Å²) in [5.74, 6) is 1.26. The molecule has 1 saturated heterocycles. The van der Waals surface area contributed by atoms with E-state index in [9.17, 15) is 4.39 Å². The molecule has 1 unspecified atom stereocenters. The third-order valence-electron chi connectivity index (χ3n) is 7.20. The molecule has 0 radical (unpaired) electrons. The van der Waals surface area contributed by atoms with Crippen molar-refractivity contribution in [3.05, 3.63) is 119 Å². The standard InChI is InChI=1S/C33H28FN3O2/c34-30-17-24(20-35)12-15-27(30)22-39-28-6-3-5-26(19-28)25-13-10-23(11-14-25)18-33-36-31-8-1-2-9-32(31)37(33)21-29-7-4-16-38-29/h1-3,5-6,8-15,17,19,29H,4,7,16,18,21-22H2. The molecule has 1 atom stereocenters. The van der Waals surface area contributed by atoms with Crippen molar-refractivity contribution >= 4 is 11.0 Å². The largest absolute Gasteiger partial charge is 0.489 e. The van der Waals surface area contributed by atoms with Crippen molar-refractivity contribution in [3.63, 3.8) is 0 Å². The summed E-state index contributed by atoms with van der Waals surface area (Å²) in [5, 5.41) is 8.93. The molecule has 0 aliphatic carbocycles. The van der Waals surface area contributed by atoms with Crippen molar-refractivity contribution in [1.82, 2.24) is 9.55 Å². The Bertz CT molecular complexity index is 1650. The Morgan fingerprint density at radius 3 is 2.64 bits per heavy atom. The maximum absolute atomic E-state index is 14.2. The first kappa shape index (κ1) is 24.8. The van der Waals surface area contributed by atoms with E-state index in [-0.39, 0.29) is 12.7 Å². The number of para-hydroxylation sites is 2. The second-order valence-electron chi connectivity index (χ2n) is 9.87. The molecule has 2 heterocycles. The van der Waals surface area contributed by atoms with Gasteiger partial charge in [-0.15, -0.1) is 0 Å². The molecular formula is C33H28FN3O2. The smallest absolute Gasteiger partial charge is 0.131 e. The Kier molecular flexibility index (Phi) is 7.07. The molecule has 194 valence electrons. The molecule has 39 heavy (non-hydrogen) atoms. The Morgan fingerprint density at radius 1 is 0.974 bits per heavy atom. The molecule has 1 aromatic heterocycles. The number of hydrogen-bond acceptors (Lipinski definition) is 4. The SMILES string of the molecule is N#Cc1ccc(COc2cccc(-c3ccc(Cc4nc5ccccc5n4CC4CCCO4)cc3)c2)c(F)c1. The van der Waals surface area contributed by atoms with Gasteiger partial charge < -0.3 is 14.0 Å². The predicted molar refractivity (Wildman–Crippen MR) is 149 cm³/mol. The molecule has 6 heteroatoms. The molecule has 1 aliphatic rings. The van der Waals surface area contributed by atoms with Crippen molar-refractivity contribution < 1.29 is 13.9 Å². The molecule has 5 aromatic rings. The van der Waals surface area contributed by atoms with Crippen LogP contribution in [0.15, 0.2) is 91.0 Å². The molecule has 1 fully saturated rings. The Balaban J connectivity index is 1.17. The van der Waals surface area contributed by atoms with Crippen LogP contribution in [-0.2, 0) is 24.3 Å². The minimum Gasteiger partial charge on any atom is -0.489 e. The number of nitriles is 1. The van der Waals surface area contributed by atoms with Crippen molar-refractivity contribution in [3.8, 4) is 22.9 Å². The van der Waals surface area contributed by atoms with Gasteiger partial charge in [0, 0.05) is 18.6 Å². The molecule has 0 amide bonds. The number of ether oxygens (including phenoxy) is 2. The second-order valence-corrected chi connectivity index (χ2v) is 9.87. The van der Waals surface area contributed by atoms with E-state index in [4.69, 9.17) is 19.7 Å². The van der Waals surface area contributed by atoms with Gasteiger partial charge in [-0.2, -0.15) is 5.26 Å². The van der Waals surface area contributed by atoms with Crippen LogP contribution in [-0.4, -0.2) is 22.3 Å². The summed E-state index contributed by atoms with van der Waals surface area (Å²) in [5.41, 5.74) is 6.14. The van der Waals surface area contributed by atoms with Crippen LogP contribution in [0.1, 0.15) is 35.4 Å². The van der Waals surface area contributed by atoms with Crippen LogP contribution in [0.2, 0.25) is 0 Å². The highest BCUT2D eigenvalue weighted by Gasteiger charge is 2.20. The number of benzene rings is 4. The van der Waals surface area contributed by atoms with Gasteiger partial charge >= 0.3 is 0 Å². The topological polar surface area (TPSA) is 60.1 Å². The van der Waals surface area contributed by atoms with Crippen LogP contribution < -0.4 is 4.74 Å². The van der Waals surface area contributed by atoms with Crippen molar-refractivity contribution in [1.29, 1.82) is 5.26 Å². The summed E-state index contributed by atoms with van der Waals surface area (Å²) in [7, 11) is 0.